The van der Waals surface area contributed by atoms with Crippen molar-refractivity contribution in [3.63, 3.8) is 0 Å². The first-order valence-corrected chi connectivity index (χ1v) is 11.1. The maximum absolute atomic E-state index is 13.3. The maximum Gasteiger partial charge on any atom is 0.240 e. The van der Waals surface area contributed by atoms with E-state index in [0.29, 0.717) is 17.2 Å². The number of fused-ring (bicyclic) bond motifs is 2. The molecule has 5 aromatic rings. The lowest BCUT2D eigenvalue weighted by molar-refractivity contribution is -0.122. The molecule has 0 fully saturated rings. The second kappa shape index (κ2) is 9.13. The van der Waals surface area contributed by atoms with Gasteiger partial charge in [0.2, 0.25) is 5.91 Å². The van der Waals surface area contributed by atoms with Gasteiger partial charge in [0.15, 0.2) is 5.43 Å². The third-order valence-corrected chi connectivity index (χ3v) is 6.00. The van der Waals surface area contributed by atoms with Gasteiger partial charge in [0.25, 0.3) is 0 Å². The lowest BCUT2D eigenvalue weighted by atomic mass is 9.99. The van der Waals surface area contributed by atoms with Crippen LogP contribution in [0.2, 0.25) is 0 Å². The van der Waals surface area contributed by atoms with Gasteiger partial charge in [-0.25, -0.2) is 0 Å². The second-order valence-corrected chi connectivity index (χ2v) is 8.17. The third kappa shape index (κ3) is 4.28. The number of rotatable bonds is 6. The van der Waals surface area contributed by atoms with E-state index in [0.717, 1.165) is 22.2 Å². The van der Waals surface area contributed by atoms with E-state index in [9.17, 15) is 9.59 Å². The van der Waals surface area contributed by atoms with Crippen molar-refractivity contribution < 1.29 is 4.79 Å². The minimum absolute atomic E-state index is 0.0101. The summed E-state index contributed by atoms with van der Waals surface area (Å²) >= 11 is 0. The van der Waals surface area contributed by atoms with E-state index < -0.39 is 0 Å². The largest absolute Gasteiger partial charge is 0.347 e. The topological polar surface area (TPSA) is 51.1 Å². The van der Waals surface area contributed by atoms with Gasteiger partial charge in [-0.2, -0.15) is 0 Å². The zero-order chi connectivity index (χ0) is 22.6. The smallest absolute Gasteiger partial charge is 0.240 e. The van der Waals surface area contributed by atoms with E-state index in [1.165, 1.54) is 0 Å². The first-order chi connectivity index (χ1) is 16.2. The van der Waals surface area contributed by atoms with Crippen LogP contribution in [-0.2, 0) is 17.8 Å². The fourth-order valence-electron chi connectivity index (χ4n) is 4.42. The molecule has 162 valence electrons. The Bertz CT molecular complexity index is 1410. The molecule has 0 saturated carbocycles. The Balaban J connectivity index is 1.50. The van der Waals surface area contributed by atoms with Gasteiger partial charge in [-0.15, -0.1) is 0 Å². The molecule has 4 heteroatoms. The maximum atomic E-state index is 13.3. The first-order valence-electron chi connectivity index (χ1n) is 11.1. The standard InChI is InChI=1S/C29H24N2O2/c32-28(30-25(22-13-5-2-6-14-22)19-21-11-3-1-4-12-21)20-31-26-17-9-7-15-23(26)29(33)24-16-8-10-18-27(24)31/h1-18,25H,19-20H2,(H,30,32)/t25-/m0/s1. The van der Waals surface area contributed by atoms with Crippen LogP contribution >= 0.6 is 0 Å². The van der Waals surface area contributed by atoms with E-state index >= 15 is 0 Å². The normalized spacial score (nSPS) is 12.0. The monoisotopic (exact) mass is 432 g/mol. The Morgan fingerprint density at radius 2 is 1.21 bits per heavy atom. The average molecular weight is 433 g/mol. The molecule has 1 heterocycles. The van der Waals surface area contributed by atoms with Crippen LogP contribution in [0.4, 0.5) is 0 Å². The molecule has 0 aliphatic rings. The summed E-state index contributed by atoms with van der Waals surface area (Å²) in [6, 6.07) is 35.0. The van der Waals surface area contributed by atoms with Gasteiger partial charge < -0.3 is 9.88 Å². The number of para-hydroxylation sites is 2. The molecule has 1 N–H and O–H groups in total. The van der Waals surface area contributed by atoms with Crippen LogP contribution in [0.1, 0.15) is 17.2 Å². The molecule has 1 atom stereocenters. The minimum atomic E-state index is -0.155. The zero-order valence-corrected chi connectivity index (χ0v) is 18.1. The highest BCUT2D eigenvalue weighted by molar-refractivity contribution is 5.94. The first kappa shape index (κ1) is 20.7. The van der Waals surface area contributed by atoms with E-state index in [-0.39, 0.29) is 23.9 Å². The van der Waals surface area contributed by atoms with Gasteiger partial charge in [-0.3, -0.25) is 9.59 Å². The molecule has 4 aromatic carbocycles. The number of pyridine rings is 1. The van der Waals surface area contributed by atoms with E-state index in [2.05, 4.69) is 17.4 Å². The summed E-state index contributed by atoms with van der Waals surface area (Å²) in [7, 11) is 0. The number of nitrogens with zero attached hydrogens (tertiary/aromatic N) is 1. The van der Waals surface area contributed by atoms with Crippen LogP contribution in [0, 0.1) is 0 Å². The SMILES string of the molecule is O=C(Cn1c2ccccc2c(=O)c2ccccc21)N[C@@H](Cc1ccccc1)c1ccccc1. The molecule has 5 rings (SSSR count). The Morgan fingerprint density at radius 3 is 1.82 bits per heavy atom. The average Bonchev–Trinajstić information content (AvgIpc) is 2.87. The molecular weight excluding hydrogens is 408 g/mol. The van der Waals surface area contributed by atoms with Crippen molar-refractivity contribution in [3.8, 4) is 0 Å². The summed E-state index contributed by atoms with van der Waals surface area (Å²) < 4.78 is 1.94. The van der Waals surface area contributed by atoms with Crippen LogP contribution < -0.4 is 10.7 Å². The molecule has 4 nitrogen and oxygen atoms in total. The van der Waals surface area contributed by atoms with Gasteiger partial charge >= 0.3 is 0 Å². The van der Waals surface area contributed by atoms with Crippen molar-refractivity contribution in [2.45, 2.75) is 19.0 Å². The van der Waals surface area contributed by atoms with E-state index in [1.54, 1.807) is 0 Å². The van der Waals surface area contributed by atoms with Gasteiger partial charge in [0, 0.05) is 10.8 Å². The van der Waals surface area contributed by atoms with Gasteiger partial charge in [0.05, 0.1) is 17.1 Å². The van der Waals surface area contributed by atoms with Crippen LogP contribution in [0.25, 0.3) is 21.8 Å². The predicted molar refractivity (Wildman–Crippen MR) is 133 cm³/mol. The van der Waals surface area contributed by atoms with E-state index in [4.69, 9.17) is 0 Å². The number of benzene rings is 4. The van der Waals surface area contributed by atoms with Crippen molar-refractivity contribution in [1.29, 1.82) is 0 Å². The van der Waals surface area contributed by atoms with Crippen LogP contribution in [0.15, 0.2) is 114 Å². The Kier molecular flexibility index (Phi) is 5.73. The summed E-state index contributed by atoms with van der Waals surface area (Å²) in [4.78, 5) is 26.3. The van der Waals surface area contributed by atoms with Crippen LogP contribution in [-0.4, -0.2) is 10.5 Å². The van der Waals surface area contributed by atoms with Crippen molar-refractivity contribution in [1.82, 2.24) is 9.88 Å². The summed E-state index contributed by atoms with van der Waals surface area (Å²) in [5, 5.41) is 4.47. The lowest BCUT2D eigenvalue weighted by Crippen LogP contribution is -2.33. The highest BCUT2D eigenvalue weighted by Crippen LogP contribution is 2.21. The highest BCUT2D eigenvalue weighted by atomic mass is 16.2. The second-order valence-electron chi connectivity index (χ2n) is 8.17. The number of amides is 1. The van der Waals surface area contributed by atoms with Gasteiger partial charge in [-0.1, -0.05) is 84.9 Å². The van der Waals surface area contributed by atoms with Crippen molar-refractivity contribution in [2.24, 2.45) is 0 Å². The molecule has 0 radical (unpaired) electrons. The van der Waals surface area contributed by atoms with Crippen molar-refractivity contribution in [2.75, 3.05) is 0 Å². The van der Waals surface area contributed by atoms with Crippen LogP contribution in [0.3, 0.4) is 0 Å². The molecule has 33 heavy (non-hydrogen) atoms. The number of hydrogen-bond acceptors (Lipinski definition) is 2. The third-order valence-electron chi connectivity index (χ3n) is 6.00. The Morgan fingerprint density at radius 1 is 0.697 bits per heavy atom. The zero-order valence-electron chi connectivity index (χ0n) is 18.1. The molecule has 0 aliphatic heterocycles. The molecule has 0 aliphatic carbocycles. The Labute approximate surface area is 192 Å². The van der Waals surface area contributed by atoms with Crippen molar-refractivity contribution in [3.05, 3.63) is 131 Å². The quantitative estimate of drug-likeness (QED) is 0.372. The summed E-state index contributed by atoms with van der Waals surface area (Å²) in [6.45, 7) is 0.124. The Hall–Kier alpha value is -4.18. The summed E-state index contributed by atoms with van der Waals surface area (Å²) in [5.41, 5.74) is 3.73. The molecule has 0 spiro atoms. The van der Waals surface area contributed by atoms with Crippen molar-refractivity contribution >= 4 is 27.7 Å². The fourth-order valence-corrected chi connectivity index (χ4v) is 4.42. The number of carbonyl (C=O) groups excluding carboxylic acids is 1. The lowest BCUT2D eigenvalue weighted by Gasteiger charge is -2.21. The number of aromatic nitrogens is 1. The minimum Gasteiger partial charge on any atom is -0.347 e. The molecule has 0 unspecified atom stereocenters. The van der Waals surface area contributed by atoms with Gasteiger partial charge in [-0.05, 0) is 41.8 Å². The molecule has 1 amide bonds. The number of nitrogens with one attached hydrogen (secondary N) is 1. The molecule has 0 bridgehead atoms. The number of hydrogen-bond donors (Lipinski definition) is 1. The van der Waals surface area contributed by atoms with E-state index in [1.807, 2.05) is 102 Å². The number of carbonyl (C=O) groups is 1. The van der Waals surface area contributed by atoms with Crippen LogP contribution in [0.5, 0.6) is 0 Å². The summed E-state index contributed by atoms with van der Waals surface area (Å²) in [5.74, 6) is -0.0984. The molecule has 1 aromatic heterocycles. The van der Waals surface area contributed by atoms with Gasteiger partial charge in [0.1, 0.15) is 6.54 Å². The predicted octanol–water partition coefficient (Wildman–Crippen LogP) is 5.25. The highest BCUT2D eigenvalue weighted by Gasteiger charge is 2.18. The summed E-state index contributed by atoms with van der Waals surface area (Å²) in [6.07, 6.45) is 0.697. The molecule has 0 saturated heterocycles. The fraction of sp³-hybridized carbons (Fsp3) is 0.103. The molecular formula is C29H24N2O2.